The molecule has 0 aromatic carbocycles. The molecule has 4 atom stereocenters. The van der Waals surface area contributed by atoms with E-state index in [4.69, 9.17) is 0 Å². The Balaban J connectivity index is 4.07. The monoisotopic (exact) mass is 300 g/mol. The molecular weight excluding hydrogens is 260 g/mol. The van der Waals surface area contributed by atoms with Crippen LogP contribution in [0.4, 0.5) is 0 Å². The van der Waals surface area contributed by atoms with Crippen LogP contribution in [0.5, 0.6) is 0 Å². The molecule has 4 unspecified atom stereocenters. The number of hydrogen-bond acceptors (Lipinski definition) is 1. The third kappa shape index (κ3) is 7.96. The molecule has 0 nitrogen and oxygen atoms in total. The number of hydrogen-bond donors (Lipinski definition) is 0. The Morgan fingerprint density at radius 1 is 0.850 bits per heavy atom. The fraction of sp³-hybridized carbons (Fsp3) is 1.00. The summed E-state index contributed by atoms with van der Waals surface area (Å²) in [5.41, 5.74) is 0.461. The maximum absolute atomic E-state index is 2.46. The van der Waals surface area contributed by atoms with E-state index >= 15 is 0 Å². The molecule has 0 aliphatic rings. The van der Waals surface area contributed by atoms with E-state index < -0.39 is 0 Å². The van der Waals surface area contributed by atoms with Crippen molar-refractivity contribution in [3.8, 4) is 0 Å². The lowest BCUT2D eigenvalue weighted by atomic mass is 9.77. The van der Waals surface area contributed by atoms with Gasteiger partial charge in [0, 0.05) is 5.25 Å². The van der Waals surface area contributed by atoms with Gasteiger partial charge in [0.2, 0.25) is 0 Å². The van der Waals surface area contributed by atoms with Crippen molar-refractivity contribution in [2.45, 2.75) is 86.8 Å². The summed E-state index contributed by atoms with van der Waals surface area (Å²) < 4.78 is 0. The summed E-state index contributed by atoms with van der Waals surface area (Å²) in [7, 11) is 0. The lowest BCUT2D eigenvalue weighted by Crippen LogP contribution is -2.20. The standard InChI is InChI=1S/C19H40S/c1-10-18(14(2)3)20-13-16(5)15(4)11-12-17(6)19(7,8)9/h14-18H,10-13H2,1-9H3. The van der Waals surface area contributed by atoms with Crippen molar-refractivity contribution in [3.63, 3.8) is 0 Å². The number of rotatable bonds is 9. The lowest BCUT2D eigenvalue weighted by molar-refractivity contribution is 0.223. The topological polar surface area (TPSA) is 0 Å². The molecule has 0 radical (unpaired) electrons. The lowest BCUT2D eigenvalue weighted by Gasteiger charge is -2.30. The van der Waals surface area contributed by atoms with Crippen molar-refractivity contribution in [2.24, 2.45) is 29.1 Å². The molecule has 1 heteroatoms. The second kappa shape index (κ2) is 9.38. The van der Waals surface area contributed by atoms with Gasteiger partial charge in [0.25, 0.3) is 0 Å². The Bertz CT molecular complexity index is 229. The quantitative estimate of drug-likeness (QED) is 0.447. The van der Waals surface area contributed by atoms with E-state index in [2.05, 4.69) is 74.1 Å². The van der Waals surface area contributed by atoms with Crippen LogP contribution >= 0.6 is 11.8 Å². The highest BCUT2D eigenvalue weighted by atomic mass is 32.2. The Labute approximate surface area is 133 Å². The van der Waals surface area contributed by atoms with E-state index in [1.54, 1.807) is 0 Å². The Morgan fingerprint density at radius 3 is 1.80 bits per heavy atom. The minimum Gasteiger partial charge on any atom is -0.158 e. The van der Waals surface area contributed by atoms with Crippen molar-refractivity contribution in [3.05, 3.63) is 0 Å². The predicted octanol–water partition coefficient (Wildman–Crippen LogP) is 6.89. The highest BCUT2D eigenvalue weighted by Crippen LogP contribution is 2.33. The normalized spacial score (nSPS) is 18.9. The zero-order valence-corrected chi connectivity index (χ0v) is 16.4. The fourth-order valence-electron chi connectivity index (χ4n) is 2.45. The van der Waals surface area contributed by atoms with Crippen LogP contribution in [-0.2, 0) is 0 Å². The summed E-state index contributed by atoms with van der Waals surface area (Å²) in [5.74, 6) is 4.68. The van der Waals surface area contributed by atoms with Gasteiger partial charge in [-0.15, -0.1) is 0 Å². The first-order valence-corrected chi connectivity index (χ1v) is 9.76. The first kappa shape index (κ1) is 20.3. The van der Waals surface area contributed by atoms with Crippen LogP contribution in [0.25, 0.3) is 0 Å². The maximum atomic E-state index is 2.46. The van der Waals surface area contributed by atoms with Gasteiger partial charge in [0.1, 0.15) is 0 Å². The van der Waals surface area contributed by atoms with Crippen LogP contribution in [-0.4, -0.2) is 11.0 Å². The van der Waals surface area contributed by atoms with Gasteiger partial charge in [-0.05, 0) is 47.7 Å². The molecule has 0 aromatic heterocycles. The van der Waals surface area contributed by atoms with Gasteiger partial charge in [0.05, 0.1) is 0 Å². The summed E-state index contributed by atoms with van der Waals surface area (Å²) in [6, 6.07) is 0. The molecule has 0 N–H and O–H groups in total. The van der Waals surface area contributed by atoms with E-state index in [0.717, 1.165) is 28.9 Å². The summed E-state index contributed by atoms with van der Waals surface area (Å²) in [4.78, 5) is 0. The average Bonchev–Trinajstić information content (AvgIpc) is 2.34. The highest BCUT2D eigenvalue weighted by molar-refractivity contribution is 7.99. The van der Waals surface area contributed by atoms with Crippen molar-refractivity contribution >= 4 is 11.8 Å². The fourth-order valence-corrected chi connectivity index (χ4v) is 3.95. The third-order valence-electron chi connectivity index (χ3n) is 5.22. The smallest absolute Gasteiger partial charge is 0.00675 e. The molecule has 0 aliphatic heterocycles. The minimum atomic E-state index is 0.461. The Morgan fingerprint density at radius 2 is 1.40 bits per heavy atom. The highest BCUT2D eigenvalue weighted by Gasteiger charge is 2.22. The van der Waals surface area contributed by atoms with Crippen molar-refractivity contribution in [2.75, 3.05) is 5.75 Å². The Hall–Kier alpha value is 0.350. The maximum Gasteiger partial charge on any atom is 0.00675 e. The van der Waals surface area contributed by atoms with Gasteiger partial charge in [0.15, 0.2) is 0 Å². The van der Waals surface area contributed by atoms with Gasteiger partial charge in [-0.2, -0.15) is 11.8 Å². The van der Waals surface area contributed by atoms with Crippen molar-refractivity contribution < 1.29 is 0 Å². The summed E-state index contributed by atoms with van der Waals surface area (Å²) >= 11 is 2.21. The summed E-state index contributed by atoms with van der Waals surface area (Å²) in [6.07, 6.45) is 4.07. The van der Waals surface area contributed by atoms with E-state index in [-0.39, 0.29) is 0 Å². The average molecular weight is 301 g/mol. The van der Waals surface area contributed by atoms with E-state index in [1.807, 2.05) is 0 Å². The molecule has 0 spiro atoms. The zero-order valence-electron chi connectivity index (χ0n) is 15.6. The minimum absolute atomic E-state index is 0.461. The first-order valence-electron chi connectivity index (χ1n) is 8.71. The third-order valence-corrected chi connectivity index (χ3v) is 7.25. The molecule has 0 fully saturated rings. The second-order valence-electron chi connectivity index (χ2n) is 8.32. The van der Waals surface area contributed by atoms with Gasteiger partial charge in [-0.25, -0.2) is 0 Å². The van der Waals surface area contributed by atoms with Crippen LogP contribution in [0, 0.1) is 29.1 Å². The second-order valence-corrected chi connectivity index (χ2v) is 9.60. The summed E-state index contributed by atoms with van der Waals surface area (Å²) in [6.45, 7) is 21.5. The molecular formula is C19H40S. The van der Waals surface area contributed by atoms with Crippen LogP contribution in [0.15, 0.2) is 0 Å². The molecule has 20 heavy (non-hydrogen) atoms. The molecule has 0 aliphatic carbocycles. The van der Waals surface area contributed by atoms with Crippen LogP contribution in [0.2, 0.25) is 0 Å². The number of thioether (sulfide) groups is 1. The SMILES string of the molecule is CCC(SCC(C)C(C)CCC(C)C(C)(C)C)C(C)C. The van der Waals surface area contributed by atoms with Gasteiger partial charge < -0.3 is 0 Å². The molecule has 0 rings (SSSR count). The van der Waals surface area contributed by atoms with Gasteiger partial charge in [-0.1, -0.05) is 68.7 Å². The van der Waals surface area contributed by atoms with Gasteiger partial charge >= 0.3 is 0 Å². The van der Waals surface area contributed by atoms with E-state index in [9.17, 15) is 0 Å². The zero-order chi connectivity index (χ0) is 15.9. The molecule has 0 amide bonds. The molecule has 0 saturated heterocycles. The molecule has 0 heterocycles. The van der Waals surface area contributed by atoms with Crippen LogP contribution in [0.3, 0.4) is 0 Å². The van der Waals surface area contributed by atoms with Crippen LogP contribution in [0.1, 0.15) is 81.6 Å². The van der Waals surface area contributed by atoms with Crippen molar-refractivity contribution in [1.29, 1.82) is 0 Å². The summed E-state index contributed by atoms with van der Waals surface area (Å²) in [5, 5.41) is 0.846. The molecule has 0 bridgehead atoms. The largest absolute Gasteiger partial charge is 0.158 e. The van der Waals surface area contributed by atoms with E-state index in [0.29, 0.717) is 5.41 Å². The van der Waals surface area contributed by atoms with E-state index in [1.165, 1.54) is 25.0 Å². The molecule has 0 saturated carbocycles. The predicted molar refractivity (Wildman–Crippen MR) is 97.6 cm³/mol. The molecule has 122 valence electrons. The molecule has 0 aromatic rings. The van der Waals surface area contributed by atoms with Gasteiger partial charge in [-0.3, -0.25) is 0 Å². The Kier molecular flexibility index (Phi) is 9.55. The van der Waals surface area contributed by atoms with Crippen LogP contribution < -0.4 is 0 Å². The van der Waals surface area contributed by atoms with Crippen molar-refractivity contribution in [1.82, 2.24) is 0 Å². The first-order chi connectivity index (χ1) is 9.09.